The van der Waals surface area contributed by atoms with Crippen LogP contribution in [-0.4, -0.2) is 29.5 Å². The number of rotatable bonds is 6. The molecule has 0 spiro atoms. The fraction of sp³-hybridized carbons (Fsp3) is 0.533. The van der Waals surface area contributed by atoms with Gasteiger partial charge in [-0.3, -0.25) is 4.79 Å². The minimum absolute atomic E-state index is 0.259. The van der Waals surface area contributed by atoms with Gasteiger partial charge in [0, 0.05) is 11.3 Å². The summed E-state index contributed by atoms with van der Waals surface area (Å²) in [6.07, 6.45) is 1.90. The maximum absolute atomic E-state index is 12.4. The van der Waals surface area contributed by atoms with Crippen molar-refractivity contribution in [3.63, 3.8) is 0 Å². The molecule has 1 N–H and O–H groups in total. The van der Waals surface area contributed by atoms with Crippen molar-refractivity contribution >= 4 is 23.5 Å². The Bertz CT molecular complexity index is 534. The number of aryl methyl sites for hydroxylation is 1. The van der Waals surface area contributed by atoms with E-state index in [9.17, 15) is 9.59 Å². The van der Waals surface area contributed by atoms with Gasteiger partial charge in [-0.05, 0) is 31.9 Å². The van der Waals surface area contributed by atoms with Crippen LogP contribution in [0.5, 0.6) is 0 Å². The molecule has 1 aromatic heterocycles. The summed E-state index contributed by atoms with van der Waals surface area (Å²) in [5, 5.41) is 3.00. The minimum atomic E-state index is -1.05. The van der Waals surface area contributed by atoms with E-state index in [1.807, 2.05) is 13.8 Å². The van der Waals surface area contributed by atoms with Crippen LogP contribution in [0.15, 0.2) is 12.1 Å². The fourth-order valence-electron chi connectivity index (χ4n) is 2.13. The average Bonchev–Trinajstić information content (AvgIpc) is 2.45. The molecule has 116 valence electrons. The summed E-state index contributed by atoms with van der Waals surface area (Å²) in [5.41, 5.74) is 0.0592. The highest BCUT2D eigenvalue weighted by atomic mass is 35.5. The lowest BCUT2D eigenvalue weighted by Crippen LogP contribution is -2.52. The molecule has 0 aliphatic rings. The van der Waals surface area contributed by atoms with Crippen molar-refractivity contribution in [3.8, 4) is 0 Å². The Morgan fingerprint density at radius 3 is 2.57 bits per heavy atom. The lowest BCUT2D eigenvalue weighted by molar-refractivity contribution is -0.147. The number of hydrogen-bond donors (Lipinski definition) is 1. The molecule has 6 heteroatoms. The number of ether oxygens (including phenoxy) is 1. The van der Waals surface area contributed by atoms with Crippen molar-refractivity contribution in [1.82, 2.24) is 10.3 Å². The van der Waals surface area contributed by atoms with Gasteiger partial charge in [0.05, 0.1) is 7.11 Å². The lowest BCUT2D eigenvalue weighted by atomic mass is 9.95. The maximum atomic E-state index is 12.4. The molecule has 0 aliphatic heterocycles. The molecule has 0 fully saturated rings. The second-order valence-corrected chi connectivity index (χ2v) is 5.44. The highest BCUT2D eigenvalue weighted by Crippen LogP contribution is 2.17. The summed E-state index contributed by atoms with van der Waals surface area (Å²) in [4.78, 5) is 28.4. The van der Waals surface area contributed by atoms with E-state index in [0.717, 1.165) is 12.1 Å². The Balaban J connectivity index is 3.02. The Labute approximate surface area is 130 Å². The molecule has 0 saturated heterocycles. The summed E-state index contributed by atoms with van der Waals surface area (Å²) in [6, 6.07) is 3.16. The van der Waals surface area contributed by atoms with Gasteiger partial charge in [0.1, 0.15) is 10.7 Å². The van der Waals surface area contributed by atoms with Crippen LogP contribution in [0.3, 0.4) is 0 Å². The van der Waals surface area contributed by atoms with Crippen LogP contribution in [0.1, 0.15) is 49.7 Å². The first-order valence-electron chi connectivity index (χ1n) is 6.93. The molecule has 1 aromatic rings. The number of esters is 1. The topological polar surface area (TPSA) is 68.3 Å². The third kappa shape index (κ3) is 4.43. The number of halogens is 1. The van der Waals surface area contributed by atoms with Gasteiger partial charge in [-0.1, -0.05) is 31.9 Å². The molecule has 0 aliphatic carbocycles. The van der Waals surface area contributed by atoms with Gasteiger partial charge in [-0.25, -0.2) is 9.78 Å². The molecule has 1 rings (SSSR count). The lowest BCUT2D eigenvalue weighted by Gasteiger charge is -2.27. The van der Waals surface area contributed by atoms with E-state index >= 15 is 0 Å². The van der Waals surface area contributed by atoms with E-state index in [4.69, 9.17) is 16.3 Å². The first-order chi connectivity index (χ1) is 9.86. The van der Waals surface area contributed by atoms with E-state index in [2.05, 4.69) is 10.3 Å². The number of carbonyl (C=O) groups is 2. The summed E-state index contributed by atoms with van der Waals surface area (Å²) >= 11 is 5.91. The number of methoxy groups -OCH3 is 1. The molecule has 1 unspecified atom stereocenters. The Hall–Kier alpha value is -1.62. The number of hydrogen-bond acceptors (Lipinski definition) is 4. The van der Waals surface area contributed by atoms with Crippen molar-refractivity contribution in [1.29, 1.82) is 0 Å². The number of carbonyl (C=O) groups excluding carboxylic acids is 2. The maximum Gasteiger partial charge on any atom is 0.331 e. The first-order valence-corrected chi connectivity index (χ1v) is 7.31. The Kier molecular flexibility index (Phi) is 6.15. The highest BCUT2D eigenvalue weighted by molar-refractivity contribution is 6.29. The number of amides is 1. The molecular weight excluding hydrogens is 292 g/mol. The van der Waals surface area contributed by atoms with Gasteiger partial charge < -0.3 is 10.1 Å². The van der Waals surface area contributed by atoms with Crippen LogP contribution >= 0.6 is 11.6 Å². The van der Waals surface area contributed by atoms with Gasteiger partial charge >= 0.3 is 5.97 Å². The third-order valence-electron chi connectivity index (χ3n) is 3.25. The minimum Gasteiger partial charge on any atom is -0.467 e. The predicted molar refractivity (Wildman–Crippen MR) is 81.4 cm³/mol. The van der Waals surface area contributed by atoms with Gasteiger partial charge in [0.25, 0.3) is 5.91 Å². The summed E-state index contributed by atoms with van der Waals surface area (Å²) in [6.45, 7) is 5.52. The van der Waals surface area contributed by atoms with E-state index in [-0.39, 0.29) is 11.1 Å². The second kappa shape index (κ2) is 7.41. The molecular formula is C15H21ClN2O3. The largest absolute Gasteiger partial charge is 0.467 e. The van der Waals surface area contributed by atoms with Crippen LogP contribution in [0, 0.1) is 0 Å². The van der Waals surface area contributed by atoms with Crippen LogP contribution in [0.2, 0.25) is 5.15 Å². The van der Waals surface area contributed by atoms with Crippen molar-refractivity contribution in [2.45, 2.75) is 45.6 Å². The zero-order valence-electron chi connectivity index (χ0n) is 12.8. The molecule has 1 amide bonds. The number of pyridine rings is 1. The Morgan fingerprint density at radius 1 is 1.38 bits per heavy atom. The number of nitrogens with zero attached hydrogens (tertiary/aromatic N) is 1. The van der Waals surface area contributed by atoms with Gasteiger partial charge in [0.2, 0.25) is 0 Å². The smallest absolute Gasteiger partial charge is 0.331 e. The number of aromatic nitrogens is 1. The predicted octanol–water partition coefficient (Wildman–Crippen LogP) is 2.76. The summed E-state index contributed by atoms with van der Waals surface area (Å²) in [7, 11) is 1.31. The van der Waals surface area contributed by atoms with Crippen LogP contribution in [0.4, 0.5) is 0 Å². The van der Waals surface area contributed by atoms with Gasteiger partial charge in [0.15, 0.2) is 0 Å². The average molecular weight is 313 g/mol. The zero-order chi connectivity index (χ0) is 16.0. The van der Waals surface area contributed by atoms with E-state index in [0.29, 0.717) is 18.4 Å². The third-order valence-corrected chi connectivity index (χ3v) is 3.44. The SMILES string of the molecule is CCCC(C)(NC(=O)c1cc(Cl)nc(CC)c1)C(=O)OC. The second-order valence-electron chi connectivity index (χ2n) is 5.05. The fourth-order valence-corrected chi connectivity index (χ4v) is 2.35. The quantitative estimate of drug-likeness (QED) is 0.648. The van der Waals surface area contributed by atoms with Gasteiger partial charge in [-0.15, -0.1) is 0 Å². The standard InChI is InChI=1S/C15H21ClN2O3/c1-5-7-15(3,14(20)21-4)18-13(19)10-8-11(6-2)17-12(16)9-10/h8-9H,5-7H2,1-4H3,(H,18,19). The molecule has 0 radical (unpaired) electrons. The molecule has 0 bridgehead atoms. The summed E-state index contributed by atoms with van der Waals surface area (Å²) in [5.74, 6) is -0.830. The highest BCUT2D eigenvalue weighted by Gasteiger charge is 2.35. The molecule has 0 aromatic carbocycles. The van der Waals surface area contributed by atoms with Crippen LogP contribution < -0.4 is 5.32 Å². The van der Waals surface area contributed by atoms with Crippen LogP contribution in [0.25, 0.3) is 0 Å². The van der Waals surface area contributed by atoms with Crippen molar-refractivity contribution in [2.24, 2.45) is 0 Å². The van der Waals surface area contributed by atoms with E-state index in [1.165, 1.54) is 13.2 Å². The zero-order valence-corrected chi connectivity index (χ0v) is 13.6. The monoisotopic (exact) mass is 312 g/mol. The first kappa shape index (κ1) is 17.4. The molecule has 5 nitrogen and oxygen atoms in total. The molecule has 1 heterocycles. The van der Waals surface area contributed by atoms with Gasteiger partial charge in [-0.2, -0.15) is 0 Å². The molecule has 1 atom stereocenters. The number of nitrogens with one attached hydrogen (secondary N) is 1. The van der Waals surface area contributed by atoms with E-state index < -0.39 is 11.5 Å². The van der Waals surface area contributed by atoms with Crippen molar-refractivity contribution in [2.75, 3.05) is 7.11 Å². The van der Waals surface area contributed by atoms with Crippen molar-refractivity contribution in [3.05, 3.63) is 28.5 Å². The van der Waals surface area contributed by atoms with Crippen LogP contribution in [-0.2, 0) is 16.0 Å². The normalized spacial score (nSPS) is 13.4. The van der Waals surface area contributed by atoms with E-state index in [1.54, 1.807) is 13.0 Å². The molecule has 0 saturated carbocycles. The summed E-state index contributed by atoms with van der Waals surface area (Å²) < 4.78 is 4.78. The molecule has 21 heavy (non-hydrogen) atoms. The van der Waals surface area contributed by atoms with Crippen molar-refractivity contribution < 1.29 is 14.3 Å². The Morgan fingerprint density at radius 2 is 2.05 bits per heavy atom.